The van der Waals surface area contributed by atoms with Gasteiger partial charge in [0.2, 0.25) is 0 Å². The summed E-state index contributed by atoms with van der Waals surface area (Å²) in [6.45, 7) is 3.26. The van der Waals surface area contributed by atoms with Gasteiger partial charge in [0.1, 0.15) is 5.65 Å². The first-order chi connectivity index (χ1) is 15.6. The van der Waals surface area contributed by atoms with Crippen molar-refractivity contribution in [1.82, 2.24) is 19.8 Å². The summed E-state index contributed by atoms with van der Waals surface area (Å²) in [7, 11) is 0. The molecule has 1 aromatic carbocycles. The van der Waals surface area contributed by atoms with Crippen LogP contribution in [0, 0.1) is 0 Å². The molecule has 0 spiro atoms. The van der Waals surface area contributed by atoms with Crippen LogP contribution in [-0.4, -0.2) is 63.0 Å². The first-order valence-corrected chi connectivity index (χ1v) is 11.2. The molecule has 0 bridgehead atoms. The molecule has 3 heterocycles. The summed E-state index contributed by atoms with van der Waals surface area (Å²) in [5, 5.41) is 0.642. The molecule has 0 aliphatic carbocycles. The van der Waals surface area contributed by atoms with Gasteiger partial charge in [0.05, 0.1) is 5.56 Å². The second-order valence-electron chi connectivity index (χ2n) is 8.20. The van der Waals surface area contributed by atoms with E-state index in [-0.39, 0.29) is 11.9 Å². The van der Waals surface area contributed by atoms with Crippen molar-refractivity contribution in [2.24, 2.45) is 0 Å². The third-order valence-electron chi connectivity index (χ3n) is 6.08. The number of fused-ring (bicyclic) bond motifs is 1. The predicted molar refractivity (Wildman–Crippen MR) is 122 cm³/mol. The number of nitrogens with zero attached hydrogens (tertiary/aromatic N) is 3. The summed E-state index contributed by atoms with van der Waals surface area (Å²) in [5.41, 5.74) is 1.57. The number of benzene rings is 1. The summed E-state index contributed by atoms with van der Waals surface area (Å²) >= 11 is 0. The zero-order chi connectivity index (χ0) is 22.5. The van der Waals surface area contributed by atoms with E-state index in [4.69, 9.17) is 0 Å². The topological polar surface area (TPSA) is 86.4 Å². The number of rotatable bonds is 7. The van der Waals surface area contributed by atoms with E-state index in [0.29, 0.717) is 41.8 Å². The summed E-state index contributed by atoms with van der Waals surface area (Å²) in [6.07, 6.45) is 7.12. The molecule has 2 amide bonds. The first-order valence-electron chi connectivity index (χ1n) is 11.2. The number of carbonyl (C=O) groups excluding carboxylic acids is 3. The Morgan fingerprint density at radius 3 is 2.66 bits per heavy atom. The van der Waals surface area contributed by atoms with Crippen LogP contribution in [0.5, 0.6) is 0 Å². The van der Waals surface area contributed by atoms with Crippen LogP contribution in [0.25, 0.3) is 11.0 Å². The molecule has 7 nitrogen and oxygen atoms in total. The van der Waals surface area contributed by atoms with Crippen molar-refractivity contribution in [3.05, 3.63) is 66.0 Å². The number of aromatic nitrogens is 2. The smallest absolute Gasteiger partial charge is 0.295 e. The molecular formula is C25H28N4O3. The summed E-state index contributed by atoms with van der Waals surface area (Å²) < 4.78 is 0. The van der Waals surface area contributed by atoms with Crippen molar-refractivity contribution in [1.29, 1.82) is 0 Å². The quantitative estimate of drug-likeness (QED) is 0.351. The van der Waals surface area contributed by atoms with Crippen molar-refractivity contribution in [2.45, 2.75) is 38.6 Å². The number of aromatic amines is 1. The Morgan fingerprint density at radius 1 is 1.06 bits per heavy atom. The average Bonchev–Trinajstić information content (AvgIpc) is 3.27. The van der Waals surface area contributed by atoms with Crippen LogP contribution in [0.2, 0.25) is 0 Å². The number of ketones is 1. The van der Waals surface area contributed by atoms with E-state index >= 15 is 0 Å². The van der Waals surface area contributed by atoms with Crippen LogP contribution in [0.15, 0.2) is 54.9 Å². The van der Waals surface area contributed by atoms with Gasteiger partial charge in [0.25, 0.3) is 17.6 Å². The molecule has 166 valence electrons. The second kappa shape index (κ2) is 9.77. The molecule has 32 heavy (non-hydrogen) atoms. The minimum Gasteiger partial charge on any atom is -0.345 e. The lowest BCUT2D eigenvalue weighted by Gasteiger charge is -2.41. The predicted octanol–water partition coefficient (Wildman–Crippen LogP) is 3.68. The third-order valence-corrected chi connectivity index (χ3v) is 6.08. The number of piperazine rings is 1. The lowest BCUT2D eigenvalue weighted by molar-refractivity contribution is -0.129. The molecule has 1 fully saturated rings. The molecule has 7 heteroatoms. The molecule has 2 aromatic heterocycles. The van der Waals surface area contributed by atoms with E-state index in [1.165, 1.54) is 0 Å². The highest BCUT2D eigenvalue weighted by molar-refractivity contribution is 6.44. The highest BCUT2D eigenvalue weighted by Crippen LogP contribution is 2.22. The molecule has 1 saturated heterocycles. The standard InChI is InChI=1S/C25H28N4O3/c1-2-3-5-11-19-17-28(14-15-29(19)24(31)18-9-6-4-7-10-18)25(32)22(30)21-16-27-23-20(21)12-8-13-26-23/h4,6-10,12-13,16,19H,2-3,5,11,14-15,17H2,1H3,(H,26,27). The van der Waals surface area contributed by atoms with Gasteiger partial charge in [-0.1, -0.05) is 44.4 Å². The molecule has 1 N–H and O–H groups in total. The molecule has 1 aliphatic heterocycles. The van der Waals surface area contributed by atoms with Gasteiger partial charge in [0.15, 0.2) is 0 Å². The zero-order valence-corrected chi connectivity index (χ0v) is 18.3. The minimum absolute atomic E-state index is 0.0202. The van der Waals surface area contributed by atoms with Gasteiger partial charge in [-0.15, -0.1) is 0 Å². The van der Waals surface area contributed by atoms with Crippen LogP contribution < -0.4 is 0 Å². The lowest BCUT2D eigenvalue weighted by atomic mass is 10.0. The fourth-order valence-electron chi connectivity index (χ4n) is 4.33. The highest BCUT2D eigenvalue weighted by Gasteiger charge is 2.35. The van der Waals surface area contributed by atoms with Crippen molar-refractivity contribution in [3.8, 4) is 0 Å². The van der Waals surface area contributed by atoms with E-state index in [0.717, 1.165) is 25.7 Å². The Labute approximate surface area is 187 Å². The fourth-order valence-corrected chi connectivity index (χ4v) is 4.33. The maximum atomic E-state index is 13.1. The molecule has 0 saturated carbocycles. The molecule has 0 radical (unpaired) electrons. The summed E-state index contributed by atoms with van der Waals surface area (Å²) in [5.74, 6) is -1.09. The second-order valence-corrected chi connectivity index (χ2v) is 8.20. The maximum Gasteiger partial charge on any atom is 0.295 e. The van der Waals surface area contributed by atoms with Crippen LogP contribution >= 0.6 is 0 Å². The fraction of sp³-hybridized carbons (Fsp3) is 0.360. The Balaban J connectivity index is 1.51. The number of unbranched alkanes of at least 4 members (excludes halogenated alkanes) is 2. The first kappa shape index (κ1) is 21.7. The largest absolute Gasteiger partial charge is 0.345 e. The monoisotopic (exact) mass is 432 g/mol. The third kappa shape index (κ3) is 4.42. The van der Waals surface area contributed by atoms with Crippen LogP contribution in [0.4, 0.5) is 0 Å². The molecule has 1 unspecified atom stereocenters. The van der Waals surface area contributed by atoms with Gasteiger partial charge < -0.3 is 14.8 Å². The molecular weight excluding hydrogens is 404 g/mol. The van der Waals surface area contributed by atoms with Crippen molar-refractivity contribution in [2.75, 3.05) is 19.6 Å². The number of hydrogen-bond acceptors (Lipinski definition) is 4. The van der Waals surface area contributed by atoms with Gasteiger partial charge in [0, 0.05) is 49.0 Å². The van der Waals surface area contributed by atoms with Gasteiger partial charge in [-0.2, -0.15) is 0 Å². The molecule has 4 rings (SSSR count). The zero-order valence-electron chi connectivity index (χ0n) is 18.3. The summed E-state index contributed by atoms with van der Waals surface area (Å²) in [4.78, 5) is 49.9. The Kier molecular flexibility index (Phi) is 6.63. The van der Waals surface area contributed by atoms with Gasteiger partial charge in [-0.25, -0.2) is 4.98 Å². The number of amides is 2. The highest BCUT2D eigenvalue weighted by atomic mass is 16.2. The van der Waals surface area contributed by atoms with Gasteiger partial charge in [-0.05, 0) is 30.7 Å². The molecule has 3 aromatic rings. The minimum atomic E-state index is -0.542. The molecule has 1 aliphatic rings. The number of hydrogen-bond donors (Lipinski definition) is 1. The van der Waals surface area contributed by atoms with Crippen molar-refractivity contribution >= 4 is 28.6 Å². The number of carbonyl (C=O) groups is 3. The van der Waals surface area contributed by atoms with Crippen molar-refractivity contribution < 1.29 is 14.4 Å². The Morgan fingerprint density at radius 2 is 1.88 bits per heavy atom. The van der Waals surface area contributed by atoms with E-state index < -0.39 is 11.7 Å². The van der Waals surface area contributed by atoms with E-state index in [1.807, 2.05) is 35.2 Å². The SMILES string of the molecule is CCCCCC1CN(C(=O)C(=O)c2c[nH]c3ncccc23)CCN1C(=O)c1ccccc1. The van der Waals surface area contributed by atoms with E-state index in [1.54, 1.807) is 29.4 Å². The van der Waals surface area contributed by atoms with Crippen LogP contribution in [-0.2, 0) is 4.79 Å². The van der Waals surface area contributed by atoms with Crippen molar-refractivity contribution in [3.63, 3.8) is 0 Å². The van der Waals surface area contributed by atoms with Crippen LogP contribution in [0.1, 0.15) is 53.3 Å². The number of Topliss-reactive ketones (excluding diaryl/α,β-unsaturated/α-hetero) is 1. The normalized spacial score (nSPS) is 16.3. The molecule has 1 atom stereocenters. The Hall–Kier alpha value is -3.48. The van der Waals surface area contributed by atoms with Crippen LogP contribution in [0.3, 0.4) is 0 Å². The lowest BCUT2D eigenvalue weighted by Crippen LogP contribution is -2.57. The van der Waals surface area contributed by atoms with Gasteiger partial charge >= 0.3 is 0 Å². The number of nitrogens with one attached hydrogen (secondary N) is 1. The number of H-pyrrole nitrogens is 1. The number of pyridine rings is 1. The van der Waals surface area contributed by atoms with E-state index in [9.17, 15) is 14.4 Å². The maximum absolute atomic E-state index is 13.1. The van der Waals surface area contributed by atoms with E-state index in [2.05, 4.69) is 16.9 Å². The van der Waals surface area contributed by atoms with Gasteiger partial charge in [-0.3, -0.25) is 14.4 Å². The Bertz CT molecular complexity index is 1110. The summed E-state index contributed by atoms with van der Waals surface area (Å²) in [6, 6.07) is 12.7. The average molecular weight is 433 g/mol.